The Bertz CT molecular complexity index is 822. The summed E-state index contributed by atoms with van der Waals surface area (Å²) in [7, 11) is 0. The van der Waals surface area contributed by atoms with Crippen LogP contribution >= 0.6 is 12.4 Å². The first-order valence-electron chi connectivity index (χ1n) is 11.2. The summed E-state index contributed by atoms with van der Waals surface area (Å²) < 4.78 is 5.81. The Labute approximate surface area is 196 Å². The van der Waals surface area contributed by atoms with Crippen LogP contribution in [0.4, 0.5) is 5.82 Å². The Morgan fingerprint density at radius 1 is 1.16 bits per heavy atom. The van der Waals surface area contributed by atoms with Crippen molar-refractivity contribution in [1.82, 2.24) is 9.88 Å². The number of nitrogens with one attached hydrogen (secondary N) is 1. The molecule has 32 heavy (non-hydrogen) atoms. The summed E-state index contributed by atoms with van der Waals surface area (Å²) in [5.74, 6) is 0.940. The average Bonchev–Trinajstić information content (AvgIpc) is 2.80. The zero-order valence-electron chi connectivity index (χ0n) is 18.5. The monoisotopic (exact) mass is 462 g/mol. The largest absolute Gasteiger partial charge is 0.492 e. The fourth-order valence-corrected chi connectivity index (χ4v) is 3.74. The number of rotatable bonds is 13. The van der Waals surface area contributed by atoms with Gasteiger partial charge in [-0.25, -0.2) is 4.98 Å². The summed E-state index contributed by atoms with van der Waals surface area (Å²) in [6.45, 7) is 3.83. The molecule has 0 spiro atoms. The highest BCUT2D eigenvalue weighted by Crippen LogP contribution is 2.20. The minimum atomic E-state index is -0.951. The number of aryl methyl sites for hydroxylation is 2. The van der Waals surface area contributed by atoms with Gasteiger partial charge < -0.3 is 20.9 Å². The molecular weight excluding hydrogens is 428 g/mol. The molecule has 0 radical (unpaired) electrons. The van der Waals surface area contributed by atoms with Crippen LogP contribution in [0.3, 0.4) is 0 Å². The molecule has 1 aromatic carbocycles. The lowest BCUT2D eigenvalue weighted by Crippen LogP contribution is -2.37. The van der Waals surface area contributed by atoms with Crippen molar-refractivity contribution in [3.8, 4) is 5.75 Å². The number of halogens is 1. The van der Waals surface area contributed by atoms with E-state index < -0.39 is 12.0 Å². The van der Waals surface area contributed by atoms with E-state index in [0.717, 1.165) is 62.6 Å². The van der Waals surface area contributed by atoms with Crippen molar-refractivity contribution in [1.29, 1.82) is 0 Å². The van der Waals surface area contributed by atoms with Crippen LogP contribution in [0.1, 0.15) is 36.9 Å². The van der Waals surface area contributed by atoms with Crippen molar-refractivity contribution >= 4 is 24.2 Å². The lowest BCUT2D eigenvalue weighted by Gasteiger charge is -2.23. The lowest BCUT2D eigenvalue weighted by molar-refractivity contribution is -0.138. The molecule has 1 aliphatic rings. The number of carbonyl (C=O) groups is 1. The maximum Gasteiger partial charge on any atom is 0.320 e. The Morgan fingerprint density at radius 2 is 1.97 bits per heavy atom. The van der Waals surface area contributed by atoms with Gasteiger partial charge in [-0.15, -0.1) is 12.4 Å². The van der Waals surface area contributed by atoms with Crippen molar-refractivity contribution in [2.45, 2.75) is 44.6 Å². The highest BCUT2D eigenvalue weighted by atomic mass is 35.5. The molecule has 1 aromatic heterocycles. The topological polar surface area (TPSA) is 101 Å². The zero-order valence-corrected chi connectivity index (χ0v) is 19.4. The molecule has 3 rings (SSSR count). The summed E-state index contributed by atoms with van der Waals surface area (Å²) in [5.41, 5.74) is 8.14. The van der Waals surface area contributed by atoms with Gasteiger partial charge in [-0.1, -0.05) is 24.3 Å². The van der Waals surface area contributed by atoms with E-state index in [-0.39, 0.29) is 12.4 Å². The van der Waals surface area contributed by atoms with Crippen molar-refractivity contribution < 1.29 is 14.6 Å². The number of hydrogen-bond donors (Lipinski definition) is 3. The SMILES string of the molecule is Cl.N[C@@H](CCN(CCCCc1ccc2c(n1)NCCC2)CCOc1ccccc1)C(=O)O. The molecule has 0 aliphatic carbocycles. The normalized spacial score (nSPS) is 13.6. The first-order valence-corrected chi connectivity index (χ1v) is 11.2. The van der Waals surface area contributed by atoms with Gasteiger partial charge in [0.15, 0.2) is 0 Å². The molecule has 4 N–H and O–H groups in total. The Balaban J connectivity index is 0.00000363. The van der Waals surface area contributed by atoms with E-state index in [1.807, 2.05) is 30.3 Å². The van der Waals surface area contributed by atoms with Crippen molar-refractivity contribution in [2.75, 3.05) is 38.1 Å². The number of anilines is 1. The minimum absolute atomic E-state index is 0. The number of aromatic nitrogens is 1. The second-order valence-electron chi connectivity index (χ2n) is 8.03. The van der Waals surface area contributed by atoms with E-state index in [1.54, 1.807) is 0 Å². The van der Waals surface area contributed by atoms with E-state index >= 15 is 0 Å². The number of fused-ring (bicyclic) bond motifs is 1. The first-order chi connectivity index (χ1) is 15.1. The van der Waals surface area contributed by atoms with Gasteiger partial charge in [0, 0.05) is 25.3 Å². The molecule has 0 saturated carbocycles. The third-order valence-electron chi connectivity index (χ3n) is 5.60. The van der Waals surface area contributed by atoms with Crippen LogP contribution in [0, 0.1) is 0 Å². The molecule has 0 bridgehead atoms. The summed E-state index contributed by atoms with van der Waals surface area (Å²) in [5, 5.41) is 12.5. The van der Waals surface area contributed by atoms with E-state index in [2.05, 4.69) is 22.3 Å². The van der Waals surface area contributed by atoms with E-state index in [4.69, 9.17) is 20.6 Å². The number of nitrogens with two attached hydrogens (primary N) is 1. The summed E-state index contributed by atoms with van der Waals surface area (Å²) in [6.07, 6.45) is 5.70. The van der Waals surface area contributed by atoms with E-state index in [0.29, 0.717) is 19.6 Å². The predicted octanol–water partition coefficient (Wildman–Crippen LogP) is 3.37. The third kappa shape index (κ3) is 8.65. The molecular formula is C24H35ClN4O3. The van der Waals surface area contributed by atoms with Crippen LogP contribution in [0.2, 0.25) is 0 Å². The summed E-state index contributed by atoms with van der Waals surface area (Å²) >= 11 is 0. The number of aliphatic carboxylic acids is 1. The van der Waals surface area contributed by atoms with Gasteiger partial charge in [-0.2, -0.15) is 0 Å². The second kappa shape index (κ2) is 13.9. The molecule has 2 heterocycles. The molecule has 0 unspecified atom stereocenters. The van der Waals surface area contributed by atoms with Crippen LogP contribution in [-0.4, -0.2) is 59.8 Å². The zero-order chi connectivity index (χ0) is 21.9. The maximum absolute atomic E-state index is 11.0. The predicted molar refractivity (Wildman–Crippen MR) is 130 cm³/mol. The van der Waals surface area contributed by atoms with Gasteiger partial charge in [-0.3, -0.25) is 9.69 Å². The Kier molecular flexibility index (Phi) is 11.3. The van der Waals surface area contributed by atoms with Crippen LogP contribution < -0.4 is 15.8 Å². The maximum atomic E-state index is 11.0. The average molecular weight is 463 g/mol. The van der Waals surface area contributed by atoms with Crippen molar-refractivity contribution in [2.24, 2.45) is 5.73 Å². The number of carboxylic acid groups (broad SMARTS) is 1. The molecule has 0 fully saturated rings. The quantitative estimate of drug-likeness (QED) is 0.392. The molecule has 8 heteroatoms. The number of hydrogen-bond acceptors (Lipinski definition) is 6. The number of ether oxygens (including phenoxy) is 1. The number of nitrogens with zero attached hydrogens (tertiary/aromatic N) is 2. The molecule has 0 amide bonds. The highest BCUT2D eigenvalue weighted by Gasteiger charge is 2.14. The standard InChI is InChI=1S/C24H34N4O3.ClH/c25-22(24(29)30)13-16-28(17-18-31-21-9-2-1-3-10-21)15-5-4-8-20-12-11-19-7-6-14-26-23(19)27-20;/h1-3,9-12,22H,4-8,13-18,25H2,(H,26,27)(H,29,30);1H/t22-;/m0./s1. The second-order valence-corrected chi connectivity index (χ2v) is 8.03. The fraction of sp³-hybridized carbons (Fsp3) is 0.500. The smallest absolute Gasteiger partial charge is 0.320 e. The van der Waals surface area contributed by atoms with Gasteiger partial charge in [0.2, 0.25) is 0 Å². The molecule has 0 saturated heterocycles. The number of benzene rings is 1. The fourth-order valence-electron chi connectivity index (χ4n) is 3.74. The lowest BCUT2D eigenvalue weighted by atomic mass is 10.1. The van der Waals surface area contributed by atoms with E-state index in [1.165, 1.54) is 12.0 Å². The molecule has 176 valence electrons. The summed E-state index contributed by atoms with van der Waals surface area (Å²) in [4.78, 5) is 18.1. The number of carboxylic acids is 1. The van der Waals surface area contributed by atoms with Crippen molar-refractivity contribution in [3.05, 3.63) is 53.7 Å². The number of pyridine rings is 1. The van der Waals surface area contributed by atoms with Gasteiger partial charge in [0.25, 0.3) is 0 Å². The first kappa shape index (κ1) is 25.9. The van der Waals surface area contributed by atoms with Crippen LogP contribution in [0.5, 0.6) is 5.75 Å². The highest BCUT2D eigenvalue weighted by molar-refractivity contribution is 5.85. The van der Waals surface area contributed by atoms with Gasteiger partial charge in [0.05, 0.1) is 0 Å². The van der Waals surface area contributed by atoms with Gasteiger partial charge in [-0.05, 0) is 68.8 Å². The Morgan fingerprint density at radius 3 is 2.75 bits per heavy atom. The molecule has 1 atom stereocenters. The van der Waals surface area contributed by atoms with E-state index in [9.17, 15) is 4.79 Å². The third-order valence-corrected chi connectivity index (χ3v) is 5.60. The van der Waals surface area contributed by atoms with Gasteiger partial charge >= 0.3 is 5.97 Å². The summed E-state index contributed by atoms with van der Waals surface area (Å²) in [6, 6.07) is 13.2. The molecule has 7 nitrogen and oxygen atoms in total. The minimum Gasteiger partial charge on any atom is -0.492 e. The molecule has 1 aliphatic heterocycles. The van der Waals surface area contributed by atoms with Crippen LogP contribution in [0.15, 0.2) is 42.5 Å². The van der Waals surface area contributed by atoms with Gasteiger partial charge in [0.1, 0.15) is 24.2 Å². The van der Waals surface area contributed by atoms with Crippen LogP contribution in [-0.2, 0) is 17.6 Å². The Hall–Kier alpha value is -2.35. The van der Waals surface area contributed by atoms with Crippen LogP contribution in [0.25, 0.3) is 0 Å². The number of para-hydroxylation sites is 1. The van der Waals surface area contributed by atoms with Crippen molar-refractivity contribution in [3.63, 3.8) is 0 Å². The number of unbranched alkanes of at least 4 members (excludes halogenated alkanes) is 1. The molecule has 2 aromatic rings.